The van der Waals surface area contributed by atoms with Gasteiger partial charge in [0.1, 0.15) is 18.3 Å². The highest BCUT2D eigenvalue weighted by Crippen LogP contribution is 2.72. The van der Waals surface area contributed by atoms with Gasteiger partial charge in [-0.05, 0) is 37.5 Å². The first-order valence-corrected chi connectivity index (χ1v) is 12.9. The molecule has 5 aliphatic rings. The molecular formula is C28H30O11. The number of aliphatic hydroxyl groups is 3. The zero-order valence-corrected chi connectivity index (χ0v) is 21.6. The van der Waals surface area contributed by atoms with E-state index in [2.05, 4.69) is 0 Å². The Balaban J connectivity index is 1.56. The number of aliphatic hydroxyl groups excluding tert-OH is 3. The summed E-state index contributed by atoms with van der Waals surface area (Å²) in [6, 6.07) is 7.91. The average molecular weight is 543 g/mol. The lowest BCUT2D eigenvalue weighted by Crippen LogP contribution is -2.80. The third-order valence-corrected chi connectivity index (χ3v) is 10.1. The van der Waals surface area contributed by atoms with Gasteiger partial charge in [-0.2, -0.15) is 0 Å². The lowest BCUT2D eigenvalue weighted by atomic mass is 9.38. The van der Waals surface area contributed by atoms with E-state index in [0.29, 0.717) is 5.57 Å². The fraction of sp³-hybridized carbons (Fsp3) is 0.571. The molecule has 1 aromatic carbocycles. The second kappa shape index (κ2) is 8.44. The van der Waals surface area contributed by atoms with Gasteiger partial charge in [-0.15, -0.1) is 0 Å². The van der Waals surface area contributed by atoms with Crippen molar-refractivity contribution < 1.29 is 53.4 Å². The molecule has 1 aromatic rings. The Morgan fingerprint density at radius 2 is 1.77 bits per heavy atom. The molecule has 2 bridgehead atoms. The summed E-state index contributed by atoms with van der Waals surface area (Å²) >= 11 is 0. The van der Waals surface area contributed by atoms with Crippen molar-refractivity contribution in [2.24, 2.45) is 28.6 Å². The minimum atomic E-state index is -2.28. The predicted octanol–water partition coefficient (Wildman–Crippen LogP) is -0.0503. The molecule has 6 rings (SSSR count). The van der Waals surface area contributed by atoms with Crippen LogP contribution in [0.5, 0.6) is 0 Å². The summed E-state index contributed by atoms with van der Waals surface area (Å²) in [5.74, 6) is -6.33. The molecule has 4 fully saturated rings. The molecule has 208 valence electrons. The number of carbonyl (C=O) groups is 4. The summed E-state index contributed by atoms with van der Waals surface area (Å²) in [6.45, 7) is 3.10. The smallest absolute Gasteiger partial charge is 0.348 e. The highest BCUT2D eigenvalue weighted by atomic mass is 16.6. The third-order valence-electron chi connectivity index (χ3n) is 10.1. The molecule has 2 heterocycles. The summed E-state index contributed by atoms with van der Waals surface area (Å²) in [6.07, 6.45) is -6.33. The molecule has 2 saturated heterocycles. The van der Waals surface area contributed by atoms with Crippen LogP contribution in [0.4, 0.5) is 0 Å². The van der Waals surface area contributed by atoms with Crippen molar-refractivity contribution in [3.05, 3.63) is 47.5 Å². The number of benzene rings is 1. The second-order valence-corrected chi connectivity index (χ2v) is 11.5. The van der Waals surface area contributed by atoms with Crippen LogP contribution in [0.25, 0.3) is 0 Å². The van der Waals surface area contributed by atoms with Gasteiger partial charge in [-0.1, -0.05) is 30.7 Å². The van der Waals surface area contributed by atoms with Crippen LogP contribution in [-0.2, 0) is 33.3 Å². The van der Waals surface area contributed by atoms with E-state index >= 15 is 0 Å². The molecule has 1 spiro atoms. The van der Waals surface area contributed by atoms with E-state index in [0.717, 1.165) is 7.11 Å². The van der Waals surface area contributed by atoms with Crippen molar-refractivity contribution in [3.8, 4) is 0 Å². The lowest BCUT2D eigenvalue weighted by Gasteiger charge is -2.67. The Morgan fingerprint density at radius 1 is 1.08 bits per heavy atom. The zero-order valence-electron chi connectivity index (χ0n) is 21.6. The van der Waals surface area contributed by atoms with Crippen molar-refractivity contribution >= 4 is 23.7 Å². The Bertz CT molecular complexity index is 1290. The van der Waals surface area contributed by atoms with Gasteiger partial charge in [0, 0.05) is 16.7 Å². The minimum absolute atomic E-state index is 0.142. The molecule has 0 aromatic heterocycles. The van der Waals surface area contributed by atoms with Crippen molar-refractivity contribution in [3.63, 3.8) is 0 Å². The normalized spacial score (nSPS) is 45.8. The van der Waals surface area contributed by atoms with Gasteiger partial charge in [-0.3, -0.25) is 4.79 Å². The lowest BCUT2D eigenvalue weighted by molar-refractivity contribution is -0.296. The molecule has 0 amide bonds. The van der Waals surface area contributed by atoms with Gasteiger partial charge in [0.2, 0.25) is 11.7 Å². The number of esters is 3. The van der Waals surface area contributed by atoms with Gasteiger partial charge < -0.3 is 34.3 Å². The maximum Gasteiger partial charge on any atom is 0.348 e. The number of rotatable bonds is 3. The molecule has 3 aliphatic carbocycles. The number of fused-ring (bicyclic) bond motifs is 2. The van der Waals surface area contributed by atoms with Crippen LogP contribution < -0.4 is 0 Å². The quantitative estimate of drug-likeness (QED) is 0.346. The molecular weight excluding hydrogens is 512 g/mol. The summed E-state index contributed by atoms with van der Waals surface area (Å²) in [5.41, 5.74) is -4.24. The van der Waals surface area contributed by atoms with Crippen LogP contribution in [0, 0.1) is 28.6 Å². The van der Waals surface area contributed by atoms with Crippen LogP contribution in [-0.4, -0.2) is 88.8 Å². The number of allylic oxidation sites excluding steroid dienone is 1. The largest absolute Gasteiger partial charge is 0.467 e. The van der Waals surface area contributed by atoms with E-state index < -0.39 is 88.4 Å². The van der Waals surface area contributed by atoms with Gasteiger partial charge in [-0.25, -0.2) is 14.4 Å². The van der Waals surface area contributed by atoms with E-state index in [-0.39, 0.29) is 18.6 Å². The Hall–Kier alpha value is -3.12. The predicted molar refractivity (Wildman–Crippen MR) is 129 cm³/mol. The fourth-order valence-electron chi connectivity index (χ4n) is 8.57. The van der Waals surface area contributed by atoms with Crippen molar-refractivity contribution in [1.82, 2.24) is 0 Å². The first-order valence-electron chi connectivity index (χ1n) is 12.9. The molecule has 0 radical (unpaired) electrons. The van der Waals surface area contributed by atoms with Crippen molar-refractivity contribution in [2.45, 2.75) is 56.4 Å². The minimum Gasteiger partial charge on any atom is -0.467 e. The topological polar surface area (TPSA) is 166 Å². The monoisotopic (exact) mass is 542 g/mol. The van der Waals surface area contributed by atoms with E-state index in [1.165, 1.54) is 18.2 Å². The maximum absolute atomic E-state index is 13.5. The van der Waals surface area contributed by atoms with Gasteiger partial charge in [0.15, 0.2) is 5.78 Å². The average Bonchev–Trinajstić information content (AvgIpc) is 3.23. The Labute approximate surface area is 223 Å². The first kappa shape index (κ1) is 26.1. The summed E-state index contributed by atoms with van der Waals surface area (Å²) < 4.78 is 22.7. The van der Waals surface area contributed by atoms with Crippen molar-refractivity contribution in [2.75, 3.05) is 13.7 Å². The third kappa shape index (κ3) is 3.01. The number of carbonyl (C=O) groups excluding carboxylic acids is 4. The number of hydrogen-bond acceptors (Lipinski definition) is 11. The molecule has 11 nitrogen and oxygen atoms in total. The van der Waals surface area contributed by atoms with Gasteiger partial charge in [0.25, 0.3) is 0 Å². The number of hydrogen-bond donors (Lipinski definition) is 3. The maximum atomic E-state index is 13.5. The zero-order chi connectivity index (χ0) is 28.1. The molecule has 11 atom stereocenters. The SMILES string of the molecule is COC(=O)[C@]12OCC34[C@H](C(O)[C@@H]1O)C1(C)C(O)C(=O)C=C(C)[C@@H]1C[C@H]3OC(=O)[C@H](OC(=O)c1ccccc1)[C@H]42. The number of ketones is 1. The standard InChI is InChI=1S/C28H30O11/c1-12-9-15(29)21(31)26(2)14(12)10-16-27-11-37-28(25(35)36-3,22(32)17(30)19(26)27)20(27)18(24(34)38-16)39-23(33)13-7-5-4-6-8-13/h4-9,14,16-22,30-32H,10-11H2,1-3H3/t14-,16+,17?,18+,19+,20+,21?,22-,26?,27?,28+/m0/s1. The highest BCUT2D eigenvalue weighted by molar-refractivity contribution is 5.96. The molecule has 4 unspecified atom stereocenters. The highest BCUT2D eigenvalue weighted by Gasteiger charge is 2.85. The van der Waals surface area contributed by atoms with Crippen LogP contribution in [0.1, 0.15) is 30.6 Å². The second-order valence-electron chi connectivity index (χ2n) is 11.5. The molecule has 3 N–H and O–H groups in total. The molecule has 2 aliphatic heterocycles. The van der Waals surface area contributed by atoms with E-state index in [9.17, 15) is 34.5 Å². The number of ether oxygens (including phenoxy) is 4. The summed E-state index contributed by atoms with van der Waals surface area (Å²) in [7, 11) is 1.08. The van der Waals surface area contributed by atoms with E-state index in [1.54, 1.807) is 32.0 Å². The van der Waals surface area contributed by atoms with Crippen LogP contribution >= 0.6 is 0 Å². The van der Waals surface area contributed by atoms with Gasteiger partial charge >= 0.3 is 17.9 Å². The van der Waals surface area contributed by atoms with Crippen LogP contribution in [0.15, 0.2) is 42.0 Å². The van der Waals surface area contributed by atoms with Crippen molar-refractivity contribution in [1.29, 1.82) is 0 Å². The summed E-state index contributed by atoms with van der Waals surface area (Å²) in [5, 5.41) is 34.6. The van der Waals surface area contributed by atoms with E-state index in [4.69, 9.17) is 18.9 Å². The first-order chi connectivity index (χ1) is 18.5. The van der Waals surface area contributed by atoms with E-state index in [1.807, 2.05) is 0 Å². The van der Waals surface area contributed by atoms with Gasteiger partial charge in [0.05, 0.1) is 31.3 Å². The molecule has 39 heavy (non-hydrogen) atoms. The summed E-state index contributed by atoms with van der Waals surface area (Å²) in [4.78, 5) is 53.0. The van der Waals surface area contributed by atoms with Crippen LogP contribution in [0.3, 0.4) is 0 Å². The number of methoxy groups -OCH3 is 1. The molecule has 11 heteroatoms. The Morgan fingerprint density at radius 3 is 2.44 bits per heavy atom. The fourth-order valence-corrected chi connectivity index (χ4v) is 8.57. The Kier molecular flexibility index (Phi) is 5.65. The van der Waals surface area contributed by atoms with Crippen LogP contribution in [0.2, 0.25) is 0 Å². The molecule has 2 saturated carbocycles.